The van der Waals surface area contributed by atoms with E-state index in [0.29, 0.717) is 33.4 Å². The molecule has 0 aliphatic carbocycles. The van der Waals surface area contributed by atoms with E-state index >= 15 is 0 Å². The number of aromatic nitrogens is 3. The van der Waals surface area contributed by atoms with E-state index in [9.17, 15) is 9.59 Å². The van der Waals surface area contributed by atoms with Crippen LogP contribution < -0.4 is 20.7 Å². The van der Waals surface area contributed by atoms with E-state index in [1.165, 1.54) is 16.8 Å². The Morgan fingerprint density at radius 1 is 1.07 bits per heavy atom. The summed E-state index contributed by atoms with van der Waals surface area (Å²) >= 11 is 6.19. The first-order valence-corrected chi connectivity index (χ1v) is 9.32. The molecular weight excluding hydrogens is 408 g/mol. The van der Waals surface area contributed by atoms with Crippen LogP contribution in [0.15, 0.2) is 70.6 Å². The maximum Gasteiger partial charge on any atom is 0.328 e. The summed E-state index contributed by atoms with van der Waals surface area (Å²) in [4.78, 5) is 25.1. The third kappa shape index (κ3) is 4.06. The van der Waals surface area contributed by atoms with Crippen LogP contribution in [0.1, 0.15) is 5.56 Å². The first kappa shape index (κ1) is 19.4. The lowest BCUT2D eigenvalue weighted by atomic mass is 10.3. The van der Waals surface area contributed by atoms with Gasteiger partial charge in [-0.1, -0.05) is 23.7 Å². The topological polar surface area (TPSA) is 102 Å². The van der Waals surface area contributed by atoms with Crippen molar-refractivity contribution in [2.75, 3.05) is 6.61 Å². The standard InChI is InChI=1S/C21H15ClN4O4/c22-15-10-19(16-9-14(11-23)12-26(16)13-15)30-18-4-2-1-3-17(18)29-8-7-25-6-5-20(27)24-21(25)28/h1-6,9-10,12-13H,7-8H2,(H,24,27,28). The molecule has 0 spiro atoms. The molecule has 0 saturated carbocycles. The lowest BCUT2D eigenvalue weighted by Gasteiger charge is -2.14. The molecule has 1 N–H and O–H groups in total. The molecule has 3 aromatic heterocycles. The lowest BCUT2D eigenvalue weighted by molar-refractivity contribution is 0.283. The van der Waals surface area contributed by atoms with Gasteiger partial charge in [-0.3, -0.25) is 14.3 Å². The Morgan fingerprint density at radius 2 is 1.87 bits per heavy atom. The number of nitrogens with one attached hydrogen (secondary N) is 1. The van der Waals surface area contributed by atoms with Gasteiger partial charge in [-0.15, -0.1) is 0 Å². The molecule has 0 unspecified atom stereocenters. The number of fused-ring (bicyclic) bond motifs is 1. The summed E-state index contributed by atoms with van der Waals surface area (Å²) in [6.45, 7) is 0.427. The summed E-state index contributed by atoms with van der Waals surface area (Å²) in [5, 5.41) is 9.61. The van der Waals surface area contributed by atoms with E-state index < -0.39 is 11.2 Å². The lowest BCUT2D eigenvalue weighted by Crippen LogP contribution is -2.30. The minimum Gasteiger partial charge on any atom is -0.488 e. The van der Waals surface area contributed by atoms with Crippen molar-refractivity contribution in [3.8, 4) is 23.3 Å². The van der Waals surface area contributed by atoms with Crippen LogP contribution in [0.5, 0.6) is 17.2 Å². The number of halogens is 1. The van der Waals surface area contributed by atoms with Crippen molar-refractivity contribution in [2.45, 2.75) is 6.54 Å². The SMILES string of the molecule is N#Cc1cc2c(Oc3ccccc3OCCn3ccc(=O)[nH]c3=O)cc(Cl)cn2c1. The van der Waals surface area contributed by atoms with Crippen LogP contribution in [-0.4, -0.2) is 20.6 Å². The zero-order valence-corrected chi connectivity index (χ0v) is 16.3. The number of benzene rings is 1. The summed E-state index contributed by atoms with van der Waals surface area (Å²) in [5.41, 5.74) is 0.218. The van der Waals surface area contributed by atoms with Gasteiger partial charge in [0.05, 0.1) is 22.6 Å². The second-order valence-electron chi connectivity index (χ2n) is 6.36. The third-order valence-electron chi connectivity index (χ3n) is 4.32. The van der Waals surface area contributed by atoms with Gasteiger partial charge in [0.1, 0.15) is 12.7 Å². The number of aromatic amines is 1. The Labute approximate surface area is 175 Å². The fraction of sp³-hybridized carbons (Fsp3) is 0.0952. The number of rotatable bonds is 6. The van der Waals surface area contributed by atoms with Crippen LogP contribution >= 0.6 is 11.6 Å². The van der Waals surface area contributed by atoms with E-state index in [4.69, 9.17) is 26.3 Å². The monoisotopic (exact) mass is 422 g/mol. The van der Waals surface area contributed by atoms with Crippen molar-refractivity contribution >= 4 is 17.1 Å². The van der Waals surface area contributed by atoms with Gasteiger partial charge in [0.2, 0.25) is 0 Å². The molecule has 1 aromatic carbocycles. The Hall–Kier alpha value is -3.96. The van der Waals surface area contributed by atoms with E-state index in [1.807, 2.05) is 0 Å². The molecule has 0 atom stereocenters. The maximum absolute atomic E-state index is 11.8. The zero-order chi connectivity index (χ0) is 21.1. The number of H-pyrrole nitrogens is 1. The molecule has 8 nitrogen and oxygen atoms in total. The van der Waals surface area contributed by atoms with E-state index in [1.54, 1.807) is 53.2 Å². The Bertz CT molecular complexity index is 1380. The smallest absolute Gasteiger partial charge is 0.328 e. The van der Waals surface area contributed by atoms with Crippen LogP contribution in [0.25, 0.3) is 5.52 Å². The number of ether oxygens (including phenoxy) is 2. The highest BCUT2D eigenvalue weighted by Gasteiger charge is 2.12. The predicted molar refractivity (Wildman–Crippen MR) is 110 cm³/mol. The fourth-order valence-electron chi connectivity index (χ4n) is 2.94. The Balaban J connectivity index is 1.56. The number of hydrogen-bond acceptors (Lipinski definition) is 5. The summed E-state index contributed by atoms with van der Waals surface area (Å²) < 4.78 is 14.9. The minimum atomic E-state index is -0.501. The molecule has 4 aromatic rings. The predicted octanol–water partition coefficient (Wildman–Crippen LogP) is 3.19. The fourth-order valence-corrected chi connectivity index (χ4v) is 3.15. The summed E-state index contributed by atoms with van der Waals surface area (Å²) in [5.74, 6) is 1.40. The summed E-state index contributed by atoms with van der Waals surface area (Å²) in [6, 6.07) is 13.8. The third-order valence-corrected chi connectivity index (χ3v) is 4.52. The van der Waals surface area contributed by atoms with Gasteiger partial charge in [-0.2, -0.15) is 5.26 Å². The highest BCUT2D eigenvalue weighted by molar-refractivity contribution is 6.30. The molecule has 0 aliphatic rings. The molecule has 9 heteroatoms. The maximum atomic E-state index is 11.8. The first-order valence-electron chi connectivity index (χ1n) is 8.94. The van der Waals surface area contributed by atoms with Gasteiger partial charge in [0, 0.05) is 30.7 Å². The molecule has 0 radical (unpaired) electrons. The van der Waals surface area contributed by atoms with E-state index in [-0.39, 0.29) is 13.2 Å². The molecule has 0 bridgehead atoms. The first-order chi connectivity index (χ1) is 14.5. The van der Waals surface area contributed by atoms with E-state index in [0.717, 1.165) is 0 Å². The number of nitrogens with zero attached hydrogens (tertiary/aromatic N) is 3. The van der Waals surface area contributed by atoms with Crippen LogP contribution in [0.2, 0.25) is 5.02 Å². The Morgan fingerprint density at radius 3 is 2.63 bits per heavy atom. The van der Waals surface area contributed by atoms with E-state index in [2.05, 4.69) is 11.1 Å². The minimum absolute atomic E-state index is 0.182. The van der Waals surface area contributed by atoms with Crippen molar-refractivity contribution in [1.29, 1.82) is 5.26 Å². The van der Waals surface area contributed by atoms with Crippen molar-refractivity contribution in [3.63, 3.8) is 0 Å². The second kappa shape index (κ2) is 8.19. The molecule has 0 aliphatic heterocycles. The second-order valence-corrected chi connectivity index (χ2v) is 6.79. The molecule has 4 rings (SSSR count). The average molecular weight is 423 g/mol. The highest BCUT2D eigenvalue weighted by Crippen LogP contribution is 2.35. The largest absolute Gasteiger partial charge is 0.488 e. The van der Waals surface area contributed by atoms with Crippen LogP contribution in [-0.2, 0) is 6.54 Å². The van der Waals surface area contributed by atoms with Gasteiger partial charge in [-0.25, -0.2) is 4.79 Å². The molecule has 30 heavy (non-hydrogen) atoms. The van der Waals surface area contributed by atoms with Crippen molar-refractivity contribution in [3.05, 3.63) is 92.5 Å². The van der Waals surface area contributed by atoms with Gasteiger partial charge in [-0.05, 0) is 18.2 Å². The van der Waals surface area contributed by atoms with Crippen LogP contribution in [0.3, 0.4) is 0 Å². The van der Waals surface area contributed by atoms with Crippen molar-refractivity contribution in [2.24, 2.45) is 0 Å². The average Bonchev–Trinajstić information content (AvgIpc) is 3.14. The van der Waals surface area contributed by atoms with Gasteiger partial charge >= 0.3 is 5.69 Å². The molecule has 0 amide bonds. The van der Waals surface area contributed by atoms with Gasteiger partial charge in [0.15, 0.2) is 17.2 Å². The number of hydrogen-bond donors (Lipinski definition) is 1. The number of pyridine rings is 1. The number of nitriles is 1. The normalized spacial score (nSPS) is 10.7. The van der Waals surface area contributed by atoms with Gasteiger partial charge in [0.25, 0.3) is 5.56 Å². The summed E-state index contributed by atoms with van der Waals surface area (Å²) in [7, 11) is 0. The molecule has 3 heterocycles. The van der Waals surface area contributed by atoms with Crippen molar-refractivity contribution in [1.82, 2.24) is 14.0 Å². The Kier molecular flexibility index (Phi) is 5.28. The number of para-hydroxylation sites is 2. The highest BCUT2D eigenvalue weighted by atomic mass is 35.5. The molecular formula is C21H15ClN4O4. The quantitative estimate of drug-likeness (QED) is 0.514. The van der Waals surface area contributed by atoms with Crippen molar-refractivity contribution < 1.29 is 9.47 Å². The summed E-state index contributed by atoms with van der Waals surface area (Å²) in [6.07, 6.45) is 4.77. The van der Waals surface area contributed by atoms with Gasteiger partial charge < -0.3 is 13.9 Å². The molecule has 0 fully saturated rings. The zero-order valence-electron chi connectivity index (χ0n) is 15.5. The van der Waals surface area contributed by atoms with Crippen LogP contribution in [0, 0.1) is 11.3 Å². The molecule has 0 saturated heterocycles. The van der Waals surface area contributed by atoms with Crippen LogP contribution in [0.4, 0.5) is 0 Å². The molecule has 150 valence electrons.